The lowest BCUT2D eigenvalue weighted by Gasteiger charge is -2.24. The molecule has 0 N–H and O–H groups in total. The van der Waals surface area contributed by atoms with Crippen LogP contribution in [0, 0.1) is 11.7 Å². The van der Waals surface area contributed by atoms with E-state index in [9.17, 15) is 4.39 Å². The Morgan fingerprint density at radius 2 is 1.85 bits per heavy atom. The van der Waals surface area contributed by atoms with Crippen molar-refractivity contribution in [1.82, 2.24) is 19.8 Å². The van der Waals surface area contributed by atoms with Crippen molar-refractivity contribution in [3.05, 3.63) is 71.8 Å². The smallest absolute Gasteiger partial charge is 0.123 e. The molecule has 0 spiro atoms. The standard InChI is InChI=1S/C22H25FN4/c1-26-11-12-27(15-17-4-6-20(23)7-5-17)16-18(14-26)13-19-8-10-24-21-3-2-9-25-22(19)21/h2-10,18H,11-16H2,1H3. The Hall–Kier alpha value is -2.37. The van der Waals surface area contributed by atoms with E-state index < -0.39 is 0 Å². The molecule has 1 atom stereocenters. The highest BCUT2D eigenvalue weighted by molar-refractivity contribution is 5.77. The quantitative estimate of drug-likeness (QED) is 0.710. The molecule has 0 bridgehead atoms. The molecule has 1 unspecified atom stereocenters. The number of hydrogen-bond acceptors (Lipinski definition) is 4. The molecule has 4 rings (SSSR count). The van der Waals surface area contributed by atoms with Crippen LogP contribution in [0.4, 0.5) is 4.39 Å². The van der Waals surface area contributed by atoms with Gasteiger partial charge in [0.25, 0.3) is 0 Å². The normalized spacial score (nSPS) is 19.3. The topological polar surface area (TPSA) is 32.3 Å². The largest absolute Gasteiger partial charge is 0.305 e. The molecule has 0 saturated carbocycles. The number of hydrogen-bond donors (Lipinski definition) is 0. The van der Waals surface area contributed by atoms with Crippen LogP contribution in [-0.2, 0) is 13.0 Å². The summed E-state index contributed by atoms with van der Waals surface area (Å²) in [6, 6.07) is 12.9. The van der Waals surface area contributed by atoms with Gasteiger partial charge in [0.05, 0.1) is 11.0 Å². The van der Waals surface area contributed by atoms with Crippen molar-refractivity contribution >= 4 is 11.0 Å². The van der Waals surface area contributed by atoms with E-state index in [1.165, 1.54) is 5.56 Å². The van der Waals surface area contributed by atoms with Crippen LogP contribution in [0.15, 0.2) is 54.9 Å². The Balaban J connectivity index is 1.51. The molecule has 5 heteroatoms. The molecule has 0 amide bonds. The molecule has 3 aromatic rings. The van der Waals surface area contributed by atoms with Crippen molar-refractivity contribution in [1.29, 1.82) is 0 Å². The van der Waals surface area contributed by atoms with Crippen LogP contribution in [-0.4, -0.2) is 53.0 Å². The molecule has 27 heavy (non-hydrogen) atoms. The van der Waals surface area contributed by atoms with Gasteiger partial charge >= 0.3 is 0 Å². The second-order valence-electron chi connectivity index (χ2n) is 7.54. The molecule has 0 aliphatic carbocycles. The van der Waals surface area contributed by atoms with E-state index >= 15 is 0 Å². The number of halogens is 1. The van der Waals surface area contributed by atoms with Crippen LogP contribution in [0.2, 0.25) is 0 Å². The number of nitrogens with zero attached hydrogens (tertiary/aromatic N) is 4. The molecule has 1 aromatic carbocycles. The summed E-state index contributed by atoms with van der Waals surface area (Å²) in [7, 11) is 2.19. The third-order valence-corrected chi connectivity index (χ3v) is 5.29. The minimum absolute atomic E-state index is 0.177. The Morgan fingerprint density at radius 1 is 1.00 bits per heavy atom. The fraction of sp³-hybridized carbons (Fsp3) is 0.364. The first-order chi connectivity index (χ1) is 13.2. The first-order valence-electron chi connectivity index (χ1n) is 9.51. The minimum atomic E-state index is -0.177. The van der Waals surface area contributed by atoms with E-state index in [1.54, 1.807) is 12.1 Å². The molecule has 1 aliphatic heterocycles. The van der Waals surface area contributed by atoms with Crippen LogP contribution in [0.3, 0.4) is 0 Å². The molecule has 1 saturated heterocycles. The predicted octanol–water partition coefficient (Wildman–Crippen LogP) is 3.38. The average molecular weight is 364 g/mol. The zero-order valence-corrected chi connectivity index (χ0v) is 15.7. The molecular formula is C22H25FN4. The van der Waals surface area contributed by atoms with Gasteiger partial charge in [0.2, 0.25) is 0 Å². The van der Waals surface area contributed by atoms with Crippen LogP contribution in [0.1, 0.15) is 11.1 Å². The second kappa shape index (κ2) is 8.11. The molecule has 1 fully saturated rings. The number of benzene rings is 1. The SMILES string of the molecule is CN1CCN(Cc2ccc(F)cc2)CC(Cc2ccnc3cccnc23)C1. The second-order valence-corrected chi connectivity index (χ2v) is 7.54. The molecule has 1 aliphatic rings. The van der Waals surface area contributed by atoms with Crippen LogP contribution in [0.5, 0.6) is 0 Å². The van der Waals surface area contributed by atoms with E-state index in [0.29, 0.717) is 5.92 Å². The lowest BCUT2D eigenvalue weighted by Crippen LogP contribution is -2.30. The van der Waals surface area contributed by atoms with E-state index in [4.69, 9.17) is 0 Å². The Morgan fingerprint density at radius 3 is 2.70 bits per heavy atom. The maximum atomic E-state index is 13.2. The monoisotopic (exact) mass is 364 g/mol. The average Bonchev–Trinajstić information content (AvgIpc) is 2.85. The Bertz CT molecular complexity index is 891. The summed E-state index contributed by atoms with van der Waals surface area (Å²) in [6.07, 6.45) is 4.71. The van der Waals surface area contributed by atoms with Gasteiger partial charge < -0.3 is 4.90 Å². The van der Waals surface area contributed by atoms with E-state index in [1.807, 2.05) is 36.7 Å². The first-order valence-corrected chi connectivity index (χ1v) is 9.51. The summed E-state index contributed by atoms with van der Waals surface area (Å²) < 4.78 is 13.2. The number of aromatic nitrogens is 2. The van der Waals surface area contributed by atoms with Gasteiger partial charge in [-0.05, 0) is 60.8 Å². The highest BCUT2D eigenvalue weighted by Gasteiger charge is 2.22. The Kier molecular flexibility index (Phi) is 5.41. The minimum Gasteiger partial charge on any atom is -0.305 e. The highest BCUT2D eigenvalue weighted by Crippen LogP contribution is 2.21. The summed E-state index contributed by atoms with van der Waals surface area (Å²) >= 11 is 0. The van der Waals surface area contributed by atoms with Crippen LogP contribution >= 0.6 is 0 Å². The molecule has 140 valence electrons. The Labute approximate surface area is 159 Å². The van der Waals surface area contributed by atoms with E-state index in [2.05, 4.69) is 32.9 Å². The number of fused-ring (bicyclic) bond motifs is 1. The lowest BCUT2D eigenvalue weighted by atomic mass is 9.97. The number of rotatable bonds is 4. The van der Waals surface area contributed by atoms with Crippen molar-refractivity contribution in [2.24, 2.45) is 5.92 Å². The van der Waals surface area contributed by atoms with Gasteiger partial charge in [0.1, 0.15) is 5.82 Å². The van der Waals surface area contributed by atoms with Gasteiger partial charge in [-0.15, -0.1) is 0 Å². The van der Waals surface area contributed by atoms with Gasteiger partial charge in [-0.2, -0.15) is 0 Å². The van der Waals surface area contributed by atoms with Crippen molar-refractivity contribution in [2.75, 3.05) is 33.2 Å². The zero-order chi connectivity index (χ0) is 18.6. The number of likely N-dealkylation sites (N-methyl/N-ethyl adjacent to an activating group) is 1. The molecule has 3 heterocycles. The molecule has 2 aromatic heterocycles. The van der Waals surface area contributed by atoms with Crippen molar-refractivity contribution in [3.8, 4) is 0 Å². The summed E-state index contributed by atoms with van der Waals surface area (Å²) in [5.74, 6) is 0.342. The predicted molar refractivity (Wildman–Crippen MR) is 106 cm³/mol. The first kappa shape index (κ1) is 18.0. The highest BCUT2D eigenvalue weighted by atomic mass is 19.1. The van der Waals surface area contributed by atoms with Gasteiger partial charge in [0, 0.05) is 45.1 Å². The summed E-state index contributed by atoms with van der Waals surface area (Å²) in [5.41, 5.74) is 4.40. The van der Waals surface area contributed by atoms with Crippen molar-refractivity contribution in [2.45, 2.75) is 13.0 Å². The maximum Gasteiger partial charge on any atom is 0.123 e. The van der Waals surface area contributed by atoms with Crippen LogP contribution < -0.4 is 0 Å². The fourth-order valence-corrected chi connectivity index (χ4v) is 3.99. The molecule has 0 radical (unpaired) electrons. The van der Waals surface area contributed by atoms with Crippen LogP contribution in [0.25, 0.3) is 11.0 Å². The third kappa shape index (κ3) is 4.49. The maximum absolute atomic E-state index is 13.2. The molecule has 4 nitrogen and oxygen atoms in total. The van der Waals surface area contributed by atoms with E-state index in [-0.39, 0.29) is 5.82 Å². The fourth-order valence-electron chi connectivity index (χ4n) is 3.99. The summed E-state index contributed by atoms with van der Waals surface area (Å²) in [4.78, 5) is 13.9. The van der Waals surface area contributed by atoms with Gasteiger partial charge in [0.15, 0.2) is 0 Å². The van der Waals surface area contributed by atoms with Gasteiger partial charge in [-0.3, -0.25) is 14.9 Å². The number of pyridine rings is 2. The van der Waals surface area contributed by atoms with Gasteiger partial charge in [-0.1, -0.05) is 12.1 Å². The van der Waals surface area contributed by atoms with Crippen molar-refractivity contribution < 1.29 is 4.39 Å². The zero-order valence-electron chi connectivity index (χ0n) is 15.7. The lowest BCUT2D eigenvalue weighted by molar-refractivity contribution is 0.249. The van der Waals surface area contributed by atoms with E-state index in [0.717, 1.165) is 55.7 Å². The van der Waals surface area contributed by atoms with Gasteiger partial charge in [-0.25, -0.2) is 4.39 Å². The molecular weight excluding hydrogens is 339 g/mol. The summed E-state index contributed by atoms with van der Waals surface area (Å²) in [5, 5.41) is 0. The summed E-state index contributed by atoms with van der Waals surface area (Å²) in [6.45, 7) is 5.03. The van der Waals surface area contributed by atoms with Crippen molar-refractivity contribution in [3.63, 3.8) is 0 Å². The third-order valence-electron chi connectivity index (χ3n) is 5.29.